The highest BCUT2D eigenvalue weighted by molar-refractivity contribution is 6.30. The number of halogens is 2. The van der Waals surface area contributed by atoms with Crippen molar-refractivity contribution in [3.63, 3.8) is 0 Å². The number of amides is 1. The largest absolute Gasteiger partial charge is 0.305 e. The Labute approximate surface area is 108 Å². The third kappa shape index (κ3) is 2.36. The van der Waals surface area contributed by atoms with Gasteiger partial charge in [-0.2, -0.15) is 5.10 Å². The fourth-order valence-electron chi connectivity index (χ4n) is 1.42. The van der Waals surface area contributed by atoms with Crippen LogP contribution in [0.25, 0.3) is 0 Å². The van der Waals surface area contributed by atoms with Crippen molar-refractivity contribution in [1.82, 2.24) is 10.2 Å². The molecule has 4 nitrogen and oxygen atoms in total. The molecule has 0 aliphatic carbocycles. The first kappa shape index (κ1) is 12.6. The van der Waals surface area contributed by atoms with E-state index in [-0.39, 0.29) is 10.6 Å². The molecule has 0 saturated heterocycles. The van der Waals surface area contributed by atoms with Crippen molar-refractivity contribution in [2.24, 2.45) is 0 Å². The Morgan fingerprint density at radius 2 is 2.17 bits per heavy atom. The second kappa shape index (κ2) is 4.78. The number of aromatic nitrogens is 2. The summed E-state index contributed by atoms with van der Waals surface area (Å²) in [5.41, 5.74) is 1.90. The van der Waals surface area contributed by atoms with Gasteiger partial charge < -0.3 is 5.32 Å². The molecule has 2 aromatic rings. The minimum atomic E-state index is -0.626. The highest BCUT2D eigenvalue weighted by atomic mass is 35.5. The van der Waals surface area contributed by atoms with Gasteiger partial charge in [-0.1, -0.05) is 11.6 Å². The maximum Gasteiger partial charge on any atom is 0.256 e. The normalized spacial score (nSPS) is 10.4. The summed E-state index contributed by atoms with van der Waals surface area (Å²) in [6.45, 7) is 3.68. The molecular formula is C12H11ClFN3O. The number of hydrogen-bond acceptors (Lipinski definition) is 2. The molecule has 2 N–H and O–H groups in total. The number of rotatable bonds is 2. The van der Waals surface area contributed by atoms with Crippen LogP contribution in [-0.4, -0.2) is 16.1 Å². The summed E-state index contributed by atoms with van der Waals surface area (Å²) >= 11 is 5.55. The van der Waals surface area contributed by atoms with Crippen LogP contribution in [0, 0.1) is 19.7 Å². The first-order valence-electron chi connectivity index (χ1n) is 5.27. The second-order valence-corrected chi connectivity index (χ2v) is 4.31. The van der Waals surface area contributed by atoms with Crippen molar-refractivity contribution < 1.29 is 9.18 Å². The Morgan fingerprint density at radius 1 is 1.44 bits per heavy atom. The third-order valence-corrected chi connectivity index (χ3v) is 2.97. The standard InChI is InChI=1S/C12H11ClFN3O/c1-6-7(2)16-17-11(6)15-12(18)8-3-4-9(13)10(14)5-8/h3-5H,1-2H3,(H2,15,16,17,18). The van der Waals surface area contributed by atoms with E-state index in [1.165, 1.54) is 12.1 Å². The van der Waals surface area contributed by atoms with Gasteiger partial charge in [0.25, 0.3) is 5.91 Å². The quantitative estimate of drug-likeness (QED) is 0.878. The molecule has 0 aliphatic rings. The Bertz CT molecular complexity index is 609. The van der Waals surface area contributed by atoms with Crippen LogP contribution < -0.4 is 5.32 Å². The molecule has 0 bridgehead atoms. The molecule has 0 radical (unpaired) electrons. The van der Waals surface area contributed by atoms with E-state index in [0.29, 0.717) is 5.82 Å². The van der Waals surface area contributed by atoms with Gasteiger partial charge in [0.1, 0.15) is 5.82 Å². The van der Waals surface area contributed by atoms with Crippen molar-refractivity contribution in [3.05, 3.63) is 45.9 Å². The Hall–Kier alpha value is -1.88. The van der Waals surface area contributed by atoms with E-state index in [2.05, 4.69) is 15.5 Å². The molecular weight excluding hydrogens is 257 g/mol. The molecule has 0 spiro atoms. The van der Waals surface area contributed by atoms with Crippen molar-refractivity contribution in [2.75, 3.05) is 5.32 Å². The highest BCUT2D eigenvalue weighted by Crippen LogP contribution is 2.18. The predicted octanol–water partition coefficient (Wildman–Crippen LogP) is 3.07. The zero-order valence-electron chi connectivity index (χ0n) is 9.84. The van der Waals surface area contributed by atoms with Crippen LogP contribution in [0.2, 0.25) is 5.02 Å². The van der Waals surface area contributed by atoms with Crippen molar-refractivity contribution >= 4 is 23.3 Å². The maximum absolute atomic E-state index is 13.2. The van der Waals surface area contributed by atoms with E-state index in [1.54, 1.807) is 0 Å². The van der Waals surface area contributed by atoms with Crippen LogP contribution in [0.5, 0.6) is 0 Å². The Balaban J connectivity index is 2.22. The summed E-state index contributed by atoms with van der Waals surface area (Å²) in [5.74, 6) is -0.618. The van der Waals surface area contributed by atoms with Crippen LogP contribution in [0.4, 0.5) is 10.2 Å². The first-order chi connectivity index (χ1) is 8.49. The van der Waals surface area contributed by atoms with Gasteiger partial charge in [-0.05, 0) is 32.0 Å². The monoisotopic (exact) mass is 267 g/mol. The summed E-state index contributed by atoms with van der Waals surface area (Å²) < 4.78 is 13.2. The van der Waals surface area contributed by atoms with Gasteiger partial charge in [-0.3, -0.25) is 9.89 Å². The molecule has 18 heavy (non-hydrogen) atoms. The summed E-state index contributed by atoms with van der Waals surface area (Å²) in [6.07, 6.45) is 0. The first-order valence-corrected chi connectivity index (χ1v) is 5.65. The summed E-state index contributed by atoms with van der Waals surface area (Å²) in [7, 11) is 0. The molecule has 1 aromatic heterocycles. The maximum atomic E-state index is 13.2. The molecule has 0 saturated carbocycles. The SMILES string of the molecule is Cc1[nH]nc(NC(=O)c2ccc(Cl)c(F)c2)c1C. The van der Waals surface area contributed by atoms with E-state index >= 15 is 0 Å². The summed E-state index contributed by atoms with van der Waals surface area (Å²) in [4.78, 5) is 11.9. The van der Waals surface area contributed by atoms with Crippen LogP contribution >= 0.6 is 11.6 Å². The third-order valence-electron chi connectivity index (χ3n) is 2.67. The smallest absolute Gasteiger partial charge is 0.256 e. The number of hydrogen-bond donors (Lipinski definition) is 2. The van der Waals surface area contributed by atoms with Gasteiger partial charge in [0, 0.05) is 16.8 Å². The van der Waals surface area contributed by atoms with Crippen LogP contribution in [-0.2, 0) is 0 Å². The molecule has 1 heterocycles. The lowest BCUT2D eigenvalue weighted by Crippen LogP contribution is -2.13. The average molecular weight is 268 g/mol. The van der Waals surface area contributed by atoms with Gasteiger partial charge in [0.15, 0.2) is 5.82 Å². The molecule has 2 rings (SSSR count). The van der Waals surface area contributed by atoms with Crippen molar-refractivity contribution in [2.45, 2.75) is 13.8 Å². The fraction of sp³-hybridized carbons (Fsp3) is 0.167. The fourth-order valence-corrected chi connectivity index (χ4v) is 1.54. The minimum absolute atomic E-state index is 0.0154. The van der Waals surface area contributed by atoms with Gasteiger partial charge in [-0.25, -0.2) is 4.39 Å². The van der Waals surface area contributed by atoms with Gasteiger partial charge >= 0.3 is 0 Å². The minimum Gasteiger partial charge on any atom is -0.305 e. The lowest BCUT2D eigenvalue weighted by molar-refractivity contribution is 0.102. The lowest BCUT2D eigenvalue weighted by atomic mass is 10.2. The Kier molecular flexibility index (Phi) is 3.34. The van der Waals surface area contributed by atoms with Crippen LogP contribution in [0.3, 0.4) is 0 Å². The summed E-state index contributed by atoms with van der Waals surface area (Å²) in [5, 5.41) is 9.29. The number of anilines is 1. The van der Waals surface area contributed by atoms with E-state index in [4.69, 9.17) is 11.6 Å². The number of carbonyl (C=O) groups excluding carboxylic acids is 1. The Morgan fingerprint density at radius 3 is 2.72 bits per heavy atom. The topological polar surface area (TPSA) is 57.8 Å². The highest BCUT2D eigenvalue weighted by Gasteiger charge is 2.12. The van der Waals surface area contributed by atoms with Crippen molar-refractivity contribution in [3.8, 4) is 0 Å². The molecule has 1 amide bonds. The number of H-pyrrole nitrogens is 1. The second-order valence-electron chi connectivity index (χ2n) is 3.91. The molecule has 0 atom stereocenters. The van der Waals surface area contributed by atoms with E-state index in [0.717, 1.165) is 17.3 Å². The zero-order chi connectivity index (χ0) is 13.3. The molecule has 94 valence electrons. The molecule has 0 fully saturated rings. The van der Waals surface area contributed by atoms with Gasteiger partial charge in [0.2, 0.25) is 0 Å². The van der Waals surface area contributed by atoms with E-state index in [9.17, 15) is 9.18 Å². The summed E-state index contributed by atoms with van der Waals surface area (Å²) in [6, 6.07) is 3.89. The molecule has 0 unspecified atom stereocenters. The molecule has 1 aromatic carbocycles. The number of nitrogens with zero attached hydrogens (tertiary/aromatic N) is 1. The molecule has 0 aliphatic heterocycles. The lowest BCUT2D eigenvalue weighted by Gasteiger charge is -2.04. The number of carbonyl (C=O) groups is 1. The average Bonchev–Trinajstić information content (AvgIpc) is 2.64. The number of aryl methyl sites for hydroxylation is 1. The number of nitrogens with one attached hydrogen (secondary N) is 2. The number of benzene rings is 1. The van der Waals surface area contributed by atoms with Crippen LogP contribution in [0.15, 0.2) is 18.2 Å². The van der Waals surface area contributed by atoms with E-state index < -0.39 is 11.7 Å². The zero-order valence-corrected chi connectivity index (χ0v) is 10.6. The van der Waals surface area contributed by atoms with Gasteiger partial charge in [0.05, 0.1) is 5.02 Å². The van der Waals surface area contributed by atoms with Gasteiger partial charge in [-0.15, -0.1) is 0 Å². The molecule has 6 heteroatoms. The predicted molar refractivity (Wildman–Crippen MR) is 67.4 cm³/mol. The van der Waals surface area contributed by atoms with Crippen molar-refractivity contribution in [1.29, 1.82) is 0 Å². The van der Waals surface area contributed by atoms with E-state index in [1.807, 2.05) is 13.8 Å². The van der Waals surface area contributed by atoms with Crippen LogP contribution in [0.1, 0.15) is 21.6 Å². The number of aromatic amines is 1.